The Hall–Kier alpha value is -0.830. The first-order valence-corrected chi connectivity index (χ1v) is 6.52. The highest BCUT2D eigenvalue weighted by Crippen LogP contribution is 2.20. The average molecular weight is 252 g/mol. The van der Waals surface area contributed by atoms with Crippen LogP contribution < -0.4 is 5.32 Å². The number of halogens is 1. The van der Waals surface area contributed by atoms with Crippen LogP contribution in [0, 0.1) is 0 Å². The largest absolute Gasteiger partial charge is 0.305 e. The Morgan fingerprint density at radius 1 is 1.31 bits per heavy atom. The lowest BCUT2D eigenvalue weighted by molar-refractivity contribution is 0.579. The van der Waals surface area contributed by atoms with E-state index in [0.717, 1.165) is 11.6 Å². The lowest BCUT2D eigenvalue weighted by Crippen LogP contribution is -2.17. The van der Waals surface area contributed by atoms with Crippen LogP contribution in [0.3, 0.4) is 0 Å². The fourth-order valence-corrected chi connectivity index (χ4v) is 2.58. The second-order valence-corrected chi connectivity index (χ2v) is 5.18. The zero-order chi connectivity index (χ0) is 11.4. The lowest BCUT2D eigenvalue weighted by atomic mass is 10.1. The van der Waals surface area contributed by atoms with Crippen LogP contribution in [0.1, 0.15) is 23.4 Å². The van der Waals surface area contributed by atoms with Crippen LogP contribution in [-0.2, 0) is 6.54 Å². The van der Waals surface area contributed by atoms with Gasteiger partial charge in [0.2, 0.25) is 0 Å². The monoisotopic (exact) mass is 251 g/mol. The van der Waals surface area contributed by atoms with Gasteiger partial charge in [-0.3, -0.25) is 0 Å². The van der Waals surface area contributed by atoms with Crippen molar-refractivity contribution in [1.29, 1.82) is 0 Å². The van der Waals surface area contributed by atoms with Gasteiger partial charge in [-0.2, -0.15) is 0 Å². The van der Waals surface area contributed by atoms with Gasteiger partial charge in [-0.05, 0) is 18.6 Å². The molecule has 1 unspecified atom stereocenters. The normalized spacial score (nSPS) is 12.6. The second kappa shape index (κ2) is 5.48. The molecule has 1 aromatic carbocycles. The minimum absolute atomic E-state index is 0.363. The molecule has 0 aliphatic rings. The molecule has 1 atom stereocenters. The van der Waals surface area contributed by atoms with Crippen molar-refractivity contribution >= 4 is 22.9 Å². The van der Waals surface area contributed by atoms with Crippen molar-refractivity contribution in [3.63, 3.8) is 0 Å². The van der Waals surface area contributed by atoms with E-state index in [2.05, 4.69) is 36.5 Å². The average Bonchev–Trinajstić information content (AvgIpc) is 2.73. The van der Waals surface area contributed by atoms with Crippen LogP contribution >= 0.6 is 22.9 Å². The molecular weight excluding hydrogens is 238 g/mol. The first-order chi connectivity index (χ1) is 7.75. The second-order valence-electron chi connectivity index (χ2n) is 3.74. The van der Waals surface area contributed by atoms with Crippen LogP contribution in [0.25, 0.3) is 0 Å². The van der Waals surface area contributed by atoms with Crippen molar-refractivity contribution in [2.45, 2.75) is 19.5 Å². The Balaban J connectivity index is 1.91. The lowest BCUT2D eigenvalue weighted by Gasteiger charge is -2.13. The zero-order valence-electron chi connectivity index (χ0n) is 9.11. The van der Waals surface area contributed by atoms with Crippen molar-refractivity contribution in [3.8, 4) is 0 Å². The first kappa shape index (κ1) is 11.6. The van der Waals surface area contributed by atoms with E-state index in [1.807, 2.05) is 17.5 Å². The van der Waals surface area contributed by atoms with E-state index >= 15 is 0 Å². The fourth-order valence-electron chi connectivity index (χ4n) is 1.56. The molecule has 0 spiro atoms. The van der Waals surface area contributed by atoms with Gasteiger partial charge in [0.25, 0.3) is 0 Å². The third-order valence-electron chi connectivity index (χ3n) is 2.50. The minimum atomic E-state index is 0.363. The molecule has 3 heteroatoms. The predicted octanol–water partition coefficient (Wildman–Crippen LogP) is 4.25. The summed E-state index contributed by atoms with van der Waals surface area (Å²) in [6.45, 7) is 3.04. The molecule has 84 valence electrons. The molecule has 0 bridgehead atoms. The summed E-state index contributed by atoms with van der Waals surface area (Å²) < 4.78 is 0. The molecular formula is C13H14ClNS. The van der Waals surface area contributed by atoms with Gasteiger partial charge < -0.3 is 5.32 Å². The minimum Gasteiger partial charge on any atom is -0.305 e. The van der Waals surface area contributed by atoms with E-state index in [9.17, 15) is 0 Å². The van der Waals surface area contributed by atoms with Crippen molar-refractivity contribution in [2.75, 3.05) is 0 Å². The summed E-state index contributed by atoms with van der Waals surface area (Å²) in [6, 6.07) is 12.8. The summed E-state index contributed by atoms with van der Waals surface area (Å²) in [4.78, 5) is 1.27. The van der Waals surface area contributed by atoms with Gasteiger partial charge >= 0.3 is 0 Å². The van der Waals surface area contributed by atoms with Gasteiger partial charge in [0.15, 0.2) is 0 Å². The first-order valence-electron chi connectivity index (χ1n) is 5.27. The molecule has 1 heterocycles. The molecule has 0 aliphatic heterocycles. The maximum atomic E-state index is 5.88. The Morgan fingerprint density at radius 3 is 2.69 bits per heavy atom. The Labute approximate surface area is 105 Å². The Kier molecular flexibility index (Phi) is 3.99. The molecule has 0 saturated heterocycles. The topological polar surface area (TPSA) is 12.0 Å². The maximum Gasteiger partial charge on any atom is 0.0516 e. The number of nitrogens with one attached hydrogen (secondary N) is 1. The molecule has 1 nitrogen and oxygen atoms in total. The Morgan fingerprint density at radius 2 is 2.06 bits per heavy atom. The van der Waals surface area contributed by atoms with Crippen LogP contribution in [0.2, 0.25) is 5.02 Å². The molecule has 0 saturated carbocycles. The van der Waals surface area contributed by atoms with Gasteiger partial charge in [0, 0.05) is 22.8 Å². The third-order valence-corrected chi connectivity index (χ3v) is 3.79. The molecule has 16 heavy (non-hydrogen) atoms. The smallest absolute Gasteiger partial charge is 0.0516 e. The van der Waals surface area contributed by atoms with Gasteiger partial charge in [-0.15, -0.1) is 11.3 Å². The van der Waals surface area contributed by atoms with E-state index in [-0.39, 0.29) is 0 Å². The highest BCUT2D eigenvalue weighted by atomic mass is 35.5. The molecule has 0 amide bonds. The number of benzene rings is 1. The van der Waals surface area contributed by atoms with Gasteiger partial charge in [0.1, 0.15) is 0 Å². The summed E-state index contributed by atoms with van der Waals surface area (Å²) >= 11 is 7.57. The van der Waals surface area contributed by atoms with E-state index in [4.69, 9.17) is 11.6 Å². The molecule has 0 aliphatic carbocycles. The SMILES string of the molecule is CC(NCc1cc(Cl)cs1)c1ccccc1. The summed E-state index contributed by atoms with van der Waals surface area (Å²) in [6.07, 6.45) is 0. The number of hydrogen-bond acceptors (Lipinski definition) is 2. The van der Waals surface area contributed by atoms with Gasteiger partial charge in [-0.25, -0.2) is 0 Å². The van der Waals surface area contributed by atoms with Crippen LogP contribution in [-0.4, -0.2) is 0 Å². The van der Waals surface area contributed by atoms with E-state index < -0.39 is 0 Å². The van der Waals surface area contributed by atoms with Gasteiger partial charge in [0.05, 0.1) is 5.02 Å². The third kappa shape index (κ3) is 3.08. The van der Waals surface area contributed by atoms with Crippen LogP contribution in [0.4, 0.5) is 0 Å². The molecule has 2 rings (SSSR count). The molecule has 0 radical (unpaired) electrons. The van der Waals surface area contributed by atoms with E-state index in [1.165, 1.54) is 10.4 Å². The standard InChI is InChI=1S/C13H14ClNS/c1-10(11-5-3-2-4-6-11)15-8-13-7-12(14)9-16-13/h2-7,9-10,15H,8H2,1H3. The number of rotatable bonds is 4. The maximum absolute atomic E-state index is 5.88. The highest BCUT2D eigenvalue weighted by molar-refractivity contribution is 7.10. The van der Waals surface area contributed by atoms with Gasteiger partial charge in [-0.1, -0.05) is 41.9 Å². The van der Waals surface area contributed by atoms with Crippen molar-refractivity contribution in [3.05, 3.63) is 57.2 Å². The summed E-state index contributed by atoms with van der Waals surface area (Å²) in [5, 5.41) is 6.27. The van der Waals surface area contributed by atoms with Crippen molar-refractivity contribution in [1.82, 2.24) is 5.32 Å². The predicted molar refractivity (Wildman–Crippen MR) is 71.0 cm³/mol. The number of thiophene rings is 1. The number of hydrogen-bond donors (Lipinski definition) is 1. The Bertz CT molecular complexity index is 438. The molecule has 1 aromatic heterocycles. The van der Waals surface area contributed by atoms with Crippen molar-refractivity contribution in [2.24, 2.45) is 0 Å². The summed E-state index contributed by atoms with van der Waals surface area (Å²) in [5.74, 6) is 0. The van der Waals surface area contributed by atoms with E-state index in [0.29, 0.717) is 6.04 Å². The van der Waals surface area contributed by atoms with Crippen molar-refractivity contribution < 1.29 is 0 Å². The van der Waals surface area contributed by atoms with Crippen LogP contribution in [0.5, 0.6) is 0 Å². The zero-order valence-corrected chi connectivity index (χ0v) is 10.7. The molecule has 1 N–H and O–H groups in total. The van der Waals surface area contributed by atoms with E-state index in [1.54, 1.807) is 11.3 Å². The summed E-state index contributed by atoms with van der Waals surface area (Å²) in [7, 11) is 0. The van der Waals surface area contributed by atoms with Crippen LogP contribution in [0.15, 0.2) is 41.8 Å². The molecule has 0 fully saturated rings. The highest BCUT2D eigenvalue weighted by Gasteiger charge is 2.04. The quantitative estimate of drug-likeness (QED) is 0.857. The fraction of sp³-hybridized carbons (Fsp3) is 0.231. The molecule has 2 aromatic rings. The summed E-state index contributed by atoms with van der Waals surface area (Å²) in [5.41, 5.74) is 1.31.